The molecule has 0 spiro atoms. The minimum Gasteiger partial charge on any atom is -0.0880 e. The lowest BCUT2D eigenvalue weighted by Crippen LogP contribution is -1.85. The van der Waals surface area contributed by atoms with E-state index in [-0.39, 0.29) is 0 Å². The second kappa shape index (κ2) is 6.15. The van der Waals surface area contributed by atoms with E-state index >= 15 is 0 Å². The molecule has 0 aromatic heterocycles. The Bertz CT molecular complexity index is 380. The van der Waals surface area contributed by atoms with Gasteiger partial charge in [0, 0.05) is 15.9 Å². The predicted molar refractivity (Wildman–Crippen MR) is 73.5 cm³/mol. The van der Waals surface area contributed by atoms with Crippen molar-refractivity contribution < 1.29 is 0 Å². The molecule has 0 amide bonds. The van der Waals surface area contributed by atoms with E-state index in [2.05, 4.69) is 22.9 Å². The third kappa shape index (κ3) is 3.39. The van der Waals surface area contributed by atoms with E-state index in [1.165, 1.54) is 5.57 Å². The Hall–Kier alpha value is 0.310. The fourth-order valence-electron chi connectivity index (χ4n) is 1.11. The molecular weight excluding hydrogens is 318 g/mol. The van der Waals surface area contributed by atoms with Crippen molar-refractivity contribution in [2.75, 3.05) is 5.33 Å². The second-order valence-corrected chi connectivity index (χ2v) is 4.80. The monoisotopic (exact) mass is 326 g/mol. The molecular formula is C11H10BrCl3. The summed E-state index contributed by atoms with van der Waals surface area (Å²) in [7, 11) is 0. The molecule has 0 unspecified atom stereocenters. The van der Waals surface area contributed by atoms with Gasteiger partial charge in [-0.2, -0.15) is 0 Å². The number of hydrogen-bond acceptors (Lipinski definition) is 0. The average Bonchev–Trinajstić information content (AvgIpc) is 2.24. The van der Waals surface area contributed by atoms with Crippen molar-refractivity contribution in [2.24, 2.45) is 0 Å². The zero-order valence-electron chi connectivity index (χ0n) is 8.16. The van der Waals surface area contributed by atoms with Crippen molar-refractivity contribution in [3.8, 4) is 0 Å². The SMILES string of the molecule is CC/C(=C/c1c(Cl)ccc(Cl)c1Cl)CBr. The maximum absolute atomic E-state index is 6.08. The molecule has 1 aromatic rings. The molecule has 0 radical (unpaired) electrons. The first-order valence-electron chi connectivity index (χ1n) is 4.49. The molecule has 1 rings (SSSR count). The smallest absolute Gasteiger partial charge is 0.0679 e. The van der Waals surface area contributed by atoms with Crippen LogP contribution in [0, 0.1) is 0 Å². The maximum Gasteiger partial charge on any atom is 0.0679 e. The molecule has 0 atom stereocenters. The molecule has 0 saturated carbocycles. The summed E-state index contributed by atoms with van der Waals surface area (Å²) in [6.07, 6.45) is 2.93. The third-order valence-corrected chi connectivity index (χ3v) is 3.92. The highest BCUT2D eigenvalue weighted by Gasteiger charge is 2.07. The van der Waals surface area contributed by atoms with Gasteiger partial charge < -0.3 is 0 Å². The van der Waals surface area contributed by atoms with Crippen LogP contribution in [0.5, 0.6) is 0 Å². The van der Waals surface area contributed by atoms with Gasteiger partial charge in [-0.1, -0.05) is 69.3 Å². The van der Waals surface area contributed by atoms with Crippen LogP contribution in [0.1, 0.15) is 18.9 Å². The summed E-state index contributed by atoms with van der Waals surface area (Å²) in [6.45, 7) is 2.08. The normalized spacial score (nSPS) is 11.9. The Labute approximate surface area is 113 Å². The molecule has 0 nitrogen and oxygen atoms in total. The van der Waals surface area contributed by atoms with Gasteiger partial charge in [-0.25, -0.2) is 0 Å². The summed E-state index contributed by atoms with van der Waals surface area (Å²) < 4.78 is 0. The van der Waals surface area contributed by atoms with Gasteiger partial charge >= 0.3 is 0 Å². The molecule has 0 fully saturated rings. The van der Waals surface area contributed by atoms with Crippen LogP contribution < -0.4 is 0 Å². The molecule has 4 heteroatoms. The molecule has 15 heavy (non-hydrogen) atoms. The molecule has 0 N–H and O–H groups in total. The summed E-state index contributed by atoms with van der Waals surface area (Å²) in [5, 5.41) is 2.47. The van der Waals surface area contributed by atoms with Gasteiger partial charge in [-0.15, -0.1) is 0 Å². The summed E-state index contributed by atoms with van der Waals surface area (Å²) in [5.74, 6) is 0. The average molecular weight is 328 g/mol. The number of halogens is 4. The van der Waals surface area contributed by atoms with Crippen LogP contribution in [0.4, 0.5) is 0 Å². The summed E-state index contributed by atoms with van der Waals surface area (Å²) in [4.78, 5) is 0. The number of rotatable bonds is 3. The molecule has 0 bridgehead atoms. The topological polar surface area (TPSA) is 0 Å². The molecule has 0 aliphatic heterocycles. The highest BCUT2D eigenvalue weighted by atomic mass is 79.9. The highest BCUT2D eigenvalue weighted by Crippen LogP contribution is 2.33. The van der Waals surface area contributed by atoms with Crippen LogP contribution in [0.15, 0.2) is 17.7 Å². The summed E-state index contributed by atoms with van der Waals surface area (Å²) in [5.41, 5.74) is 2.02. The summed E-state index contributed by atoms with van der Waals surface area (Å²) in [6, 6.07) is 3.45. The van der Waals surface area contributed by atoms with Crippen molar-refractivity contribution in [3.63, 3.8) is 0 Å². The molecule has 0 aliphatic rings. The fraction of sp³-hybridized carbons (Fsp3) is 0.273. The van der Waals surface area contributed by atoms with Gasteiger partial charge in [0.1, 0.15) is 0 Å². The Morgan fingerprint density at radius 1 is 1.27 bits per heavy atom. The van der Waals surface area contributed by atoms with Gasteiger partial charge in [0.05, 0.1) is 10.0 Å². The lowest BCUT2D eigenvalue weighted by atomic mass is 10.1. The highest BCUT2D eigenvalue weighted by molar-refractivity contribution is 9.09. The van der Waals surface area contributed by atoms with Crippen LogP contribution in [-0.2, 0) is 0 Å². The van der Waals surface area contributed by atoms with E-state index in [0.29, 0.717) is 15.1 Å². The number of hydrogen-bond donors (Lipinski definition) is 0. The van der Waals surface area contributed by atoms with Gasteiger partial charge in [-0.05, 0) is 18.6 Å². The molecule has 82 valence electrons. The van der Waals surface area contributed by atoms with Gasteiger partial charge in [0.2, 0.25) is 0 Å². The van der Waals surface area contributed by atoms with Crippen molar-refractivity contribution in [1.82, 2.24) is 0 Å². The van der Waals surface area contributed by atoms with E-state index in [1.807, 2.05) is 6.08 Å². The van der Waals surface area contributed by atoms with Crippen molar-refractivity contribution in [1.29, 1.82) is 0 Å². The first kappa shape index (κ1) is 13.4. The van der Waals surface area contributed by atoms with Gasteiger partial charge in [0.25, 0.3) is 0 Å². The second-order valence-electron chi connectivity index (χ2n) is 3.05. The zero-order chi connectivity index (χ0) is 11.4. The quantitative estimate of drug-likeness (QED) is 0.483. The number of benzene rings is 1. The largest absolute Gasteiger partial charge is 0.0880 e. The van der Waals surface area contributed by atoms with E-state index in [4.69, 9.17) is 34.8 Å². The van der Waals surface area contributed by atoms with Crippen LogP contribution in [0.2, 0.25) is 15.1 Å². The van der Waals surface area contributed by atoms with Crippen LogP contribution in [-0.4, -0.2) is 5.33 Å². The lowest BCUT2D eigenvalue weighted by Gasteiger charge is -2.06. The zero-order valence-corrected chi connectivity index (χ0v) is 12.0. The van der Waals surface area contributed by atoms with Crippen LogP contribution in [0.3, 0.4) is 0 Å². The number of allylic oxidation sites excluding steroid dienone is 1. The Morgan fingerprint density at radius 2 is 1.87 bits per heavy atom. The maximum atomic E-state index is 6.08. The first-order chi connectivity index (χ1) is 7.10. The van der Waals surface area contributed by atoms with E-state index < -0.39 is 0 Å². The van der Waals surface area contributed by atoms with E-state index in [0.717, 1.165) is 17.3 Å². The predicted octanol–water partition coefficient (Wildman–Crippen LogP) is 5.84. The summed E-state index contributed by atoms with van der Waals surface area (Å²) >= 11 is 21.5. The first-order valence-corrected chi connectivity index (χ1v) is 6.74. The Kier molecular flexibility index (Phi) is 5.48. The number of alkyl halides is 1. The minimum absolute atomic E-state index is 0.510. The van der Waals surface area contributed by atoms with Crippen LogP contribution >= 0.6 is 50.7 Å². The third-order valence-electron chi connectivity index (χ3n) is 2.05. The van der Waals surface area contributed by atoms with Crippen molar-refractivity contribution in [3.05, 3.63) is 38.3 Å². The standard InChI is InChI=1S/C11H10BrCl3/c1-2-7(6-12)5-8-9(13)3-4-10(14)11(8)15/h3-5H,2,6H2,1H3/b7-5-. The lowest BCUT2D eigenvalue weighted by molar-refractivity contribution is 1.12. The van der Waals surface area contributed by atoms with Crippen LogP contribution in [0.25, 0.3) is 6.08 Å². The molecule has 1 aromatic carbocycles. The van der Waals surface area contributed by atoms with Gasteiger partial charge in [0.15, 0.2) is 0 Å². The Morgan fingerprint density at radius 3 is 2.40 bits per heavy atom. The van der Waals surface area contributed by atoms with Crippen molar-refractivity contribution in [2.45, 2.75) is 13.3 Å². The van der Waals surface area contributed by atoms with Gasteiger partial charge in [-0.3, -0.25) is 0 Å². The van der Waals surface area contributed by atoms with E-state index in [1.54, 1.807) is 12.1 Å². The Balaban J connectivity index is 3.24. The fourth-order valence-corrected chi connectivity index (χ4v) is 2.32. The van der Waals surface area contributed by atoms with Crippen molar-refractivity contribution >= 4 is 56.8 Å². The molecule has 0 heterocycles. The van der Waals surface area contributed by atoms with E-state index in [9.17, 15) is 0 Å². The molecule has 0 aliphatic carbocycles. The molecule has 0 saturated heterocycles. The minimum atomic E-state index is 0.510.